The zero-order valence-electron chi connectivity index (χ0n) is 9.77. The summed E-state index contributed by atoms with van der Waals surface area (Å²) < 4.78 is 4.78. The van der Waals surface area contributed by atoms with Gasteiger partial charge in [-0.15, -0.1) is 0 Å². The molecule has 94 valence electrons. The van der Waals surface area contributed by atoms with Crippen molar-refractivity contribution in [3.8, 4) is 0 Å². The van der Waals surface area contributed by atoms with Crippen LogP contribution in [0.3, 0.4) is 0 Å². The number of nitrogens with zero attached hydrogens (tertiary/aromatic N) is 2. The molecule has 0 bridgehead atoms. The first-order valence-electron chi connectivity index (χ1n) is 5.40. The smallest absolute Gasteiger partial charge is 0.256 e. The fraction of sp³-hybridized carbons (Fsp3) is 0.273. The van der Waals surface area contributed by atoms with Crippen LogP contribution in [0.25, 0.3) is 0 Å². The Kier molecular flexibility index (Phi) is 3.52. The van der Waals surface area contributed by atoms with E-state index in [1.165, 1.54) is 18.6 Å². The average molecular weight is 248 g/mol. The van der Waals surface area contributed by atoms with Gasteiger partial charge < -0.3 is 14.8 Å². The summed E-state index contributed by atoms with van der Waals surface area (Å²) in [7, 11) is 0. The second kappa shape index (κ2) is 5.26. The lowest BCUT2D eigenvalue weighted by atomic mass is 10.2. The second-order valence-corrected chi connectivity index (χ2v) is 3.73. The quantitative estimate of drug-likeness (QED) is 0.795. The lowest BCUT2D eigenvalue weighted by Gasteiger charge is -2.03. The van der Waals surface area contributed by atoms with Crippen molar-refractivity contribution in [2.75, 3.05) is 6.54 Å². The van der Waals surface area contributed by atoms with E-state index in [-0.39, 0.29) is 11.0 Å². The van der Waals surface area contributed by atoms with Gasteiger partial charge in [0.25, 0.3) is 5.91 Å². The highest BCUT2D eigenvalue weighted by Crippen LogP contribution is 1.94. The topological polar surface area (TPSA) is 101 Å². The predicted octanol–water partition coefficient (Wildman–Crippen LogP) is 0.0388. The van der Waals surface area contributed by atoms with Crippen LogP contribution in [0.15, 0.2) is 27.9 Å². The van der Waals surface area contributed by atoms with Gasteiger partial charge in [0, 0.05) is 30.9 Å². The molecule has 18 heavy (non-hydrogen) atoms. The first-order valence-corrected chi connectivity index (χ1v) is 5.40. The van der Waals surface area contributed by atoms with Crippen LogP contribution in [0, 0.1) is 6.92 Å². The number of aromatic nitrogens is 3. The van der Waals surface area contributed by atoms with Crippen LogP contribution in [-0.4, -0.2) is 27.6 Å². The Morgan fingerprint density at radius 3 is 3.06 bits per heavy atom. The number of H-pyrrole nitrogens is 1. The van der Waals surface area contributed by atoms with E-state index in [1.54, 1.807) is 6.92 Å². The predicted molar refractivity (Wildman–Crippen MR) is 62.1 cm³/mol. The van der Waals surface area contributed by atoms with Crippen LogP contribution in [0.1, 0.15) is 21.9 Å². The monoisotopic (exact) mass is 248 g/mol. The number of amides is 1. The molecular formula is C11H12N4O3. The van der Waals surface area contributed by atoms with Gasteiger partial charge in [0.15, 0.2) is 11.8 Å². The molecule has 0 unspecified atom stereocenters. The summed E-state index contributed by atoms with van der Waals surface area (Å²) in [5, 5.41) is 6.06. The molecule has 0 fully saturated rings. The molecule has 7 heteroatoms. The van der Waals surface area contributed by atoms with Gasteiger partial charge in [-0.05, 0) is 6.92 Å². The van der Waals surface area contributed by atoms with Crippen molar-refractivity contribution >= 4 is 5.91 Å². The molecule has 0 radical (unpaired) electrons. The Morgan fingerprint density at radius 2 is 2.39 bits per heavy atom. The number of aryl methyl sites for hydroxylation is 1. The van der Waals surface area contributed by atoms with Crippen LogP contribution in [0.2, 0.25) is 0 Å². The van der Waals surface area contributed by atoms with E-state index in [0.717, 1.165) is 0 Å². The summed E-state index contributed by atoms with van der Waals surface area (Å²) in [6.07, 6.45) is 3.12. The molecule has 2 heterocycles. The first kappa shape index (κ1) is 12.0. The third-order valence-corrected chi connectivity index (χ3v) is 2.33. The van der Waals surface area contributed by atoms with Crippen molar-refractivity contribution in [1.82, 2.24) is 20.4 Å². The molecule has 0 aliphatic rings. The molecule has 0 saturated carbocycles. The molecular weight excluding hydrogens is 236 g/mol. The normalized spacial score (nSPS) is 10.3. The third kappa shape index (κ3) is 2.82. The lowest BCUT2D eigenvalue weighted by Crippen LogP contribution is -2.30. The molecule has 7 nitrogen and oxygen atoms in total. The SMILES string of the molecule is Cc1cc(=O)c(C(=O)NCCc2ncno2)c[nH]1. The lowest BCUT2D eigenvalue weighted by molar-refractivity contribution is 0.0952. The Hall–Kier alpha value is -2.44. The molecule has 0 spiro atoms. The summed E-state index contributed by atoms with van der Waals surface area (Å²) in [6.45, 7) is 2.08. The van der Waals surface area contributed by atoms with E-state index < -0.39 is 5.91 Å². The molecule has 2 rings (SSSR count). The zero-order valence-corrected chi connectivity index (χ0v) is 9.77. The van der Waals surface area contributed by atoms with E-state index in [9.17, 15) is 9.59 Å². The number of aromatic amines is 1. The van der Waals surface area contributed by atoms with E-state index >= 15 is 0 Å². The maximum Gasteiger partial charge on any atom is 0.256 e. The minimum absolute atomic E-state index is 0.0890. The molecule has 0 aliphatic heterocycles. The molecule has 2 aromatic rings. The molecule has 0 atom stereocenters. The first-order chi connectivity index (χ1) is 8.66. The molecule has 0 aromatic carbocycles. The zero-order chi connectivity index (χ0) is 13.0. The van der Waals surface area contributed by atoms with Crippen molar-refractivity contribution in [2.24, 2.45) is 0 Å². The highest BCUT2D eigenvalue weighted by Gasteiger charge is 2.10. The minimum Gasteiger partial charge on any atom is -0.364 e. The van der Waals surface area contributed by atoms with Gasteiger partial charge in [-0.3, -0.25) is 9.59 Å². The summed E-state index contributed by atoms with van der Waals surface area (Å²) >= 11 is 0. The van der Waals surface area contributed by atoms with E-state index in [2.05, 4.69) is 20.4 Å². The van der Waals surface area contributed by atoms with Crippen LogP contribution >= 0.6 is 0 Å². The molecule has 0 aliphatic carbocycles. The fourth-order valence-electron chi connectivity index (χ4n) is 1.43. The van der Waals surface area contributed by atoms with Gasteiger partial charge in [0.2, 0.25) is 5.89 Å². The van der Waals surface area contributed by atoms with Crippen molar-refractivity contribution < 1.29 is 9.32 Å². The fourth-order valence-corrected chi connectivity index (χ4v) is 1.43. The Labute approximate surface area is 102 Å². The van der Waals surface area contributed by atoms with Gasteiger partial charge in [0.1, 0.15) is 5.56 Å². The van der Waals surface area contributed by atoms with E-state index in [0.29, 0.717) is 24.6 Å². The second-order valence-electron chi connectivity index (χ2n) is 3.73. The van der Waals surface area contributed by atoms with Crippen molar-refractivity contribution in [2.45, 2.75) is 13.3 Å². The maximum absolute atomic E-state index is 11.7. The van der Waals surface area contributed by atoms with Crippen LogP contribution in [0.4, 0.5) is 0 Å². The molecule has 1 amide bonds. The number of hydrogen-bond acceptors (Lipinski definition) is 5. The Balaban J connectivity index is 1.93. The Morgan fingerprint density at radius 1 is 1.56 bits per heavy atom. The average Bonchev–Trinajstić information content (AvgIpc) is 2.81. The minimum atomic E-state index is -0.421. The van der Waals surface area contributed by atoms with Crippen LogP contribution < -0.4 is 10.7 Å². The Bertz CT molecular complexity index is 589. The van der Waals surface area contributed by atoms with Gasteiger partial charge in [-0.25, -0.2) is 0 Å². The maximum atomic E-state index is 11.7. The highest BCUT2D eigenvalue weighted by atomic mass is 16.5. The number of rotatable bonds is 4. The van der Waals surface area contributed by atoms with Gasteiger partial charge in [-0.1, -0.05) is 5.16 Å². The number of carbonyl (C=O) groups excluding carboxylic acids is 1. The van der Waals surface area contributed by atoms with E-state index in [1.807, 2.05) is 0 Å². The molecule has 2 aromatic heterocycles. The summed E-state index contributed by atoms with van der Waals surface area (Å²) in [5.41, 5.74) is 0.495. The van der Waals surface area contributed by atoms with Crippen molar-refractivity contribution in [1.29, 1.82) is 0 Å². The number of nitrogens with one attached hydrogen (secondary N) is 2. The highest BCUT2D eigenvalue weighted by molar-refractivity contribution is 5.93. The summed E-state index contributed by atoms with van der Waals surface area (Å²) in [5.74, 6) is 0.0175. The van der Waals surface area contributed by atoms with Crippen LogP contribution in [-0.2, 0) is 6.42 Å². The number of hydrogen-bond donors (Lipinski definition) is 2. The number of carbonyl (C=O) groups is 1. The van der Waals surface area contributed by atoms with Gasteiger partial charge in [0.05, 0.1) is 0 Å². The number of pyridine rings is 1. The molecule has 0 saturated heterocycles. The van der Waals surface area contributed by atoms with Gasteiger partial charge >= 0.3 is 0 Å². The molecule has 2 N–H and O–H groups in total. The van der Waals surface area contributed by atoms with E-state index in [4.69, 9.17) is 4.52 Å². The van der Waals surface area contributed by atoms with Crippen molar-refractivity contribution in [3.05, 3.63) is 46.0 Å². The van der Waals surface area contributed by atoms with Gasteiger partial charge in [-0.2, -0.15) is 4.98 Å². The van der Waals surface area contributed by atoms with Crippen LogP contribution in [0.5, 0.6) is 0 Å². The summed E-state index contributed by atoms with van der Waals surface area (Å²) in [4.78, 5) is 29.9. The summed E-state index contributed by atoms with van der Waals surface area (Å²) in [6, 6.07) is 1.38. The third-order valence-electron chi connectivity index (χ3n) is 2.33. The largest absolute Gasteiger partial charge is 0.364 e. The standard InChI is InChI=1S/C11H12N4O3/c1-7-4-9(16)8(5-13-7)11(17)12-3-2-10-14-6-15-18-10/h4-6H,2-3H2,1H3,(H,12,17)(H,13,16). The van der Waals surface area contributed by atoms with Crippen molar-refractivity contribution in [3.63, 3.8) is 0 Å².